The molecular formula is C44H44N8O6S4. The zero-order valence-corrected chi connectivity index (χ0v) is 37.6. The first-order valence-electron chi connectivity index (χ1n) is 19.3. The normalized spacial score (nSPS) is 13.5. The molecule has 320 valence electrons. The summed E-state index contributed by atoms with van der Waals surface area (Å²) in [6.07, 6.45) is 12.5. The van der Waals surface area contributed by atoms with Crippen LogP contribution in [0.25, 0.3) is 32.4 Å². The van der Waals surface area contributed by atoms with Crippen molar-refractivity contribution in [3.05, 3.63) is 155 Å². The van der Waals surface area contributed by atoms with Gasteiger partial charge in [0.25, 0.3) is 0 Å². The van der Waals surface area contributed by atoms with E-state index in [9.17, 15) is 25.9 Å². The number of thiazole rings is 2. The van der Waals surface area contributed by atoms with Crippen LogP contribution in [0, 0.1) is 13.8 Å². The fourth-order valence-corrected chi connectivity index (χ4v) is 9.10. The molecule has 0 spiro atoms. The molecular weight excluding hydrogens is 865 g/mol. The highest BCUT2D eigenvalue weighted by Crippen LogP contribution is 2.23. The molecule has 62 heavy (non-hydrogen) atoms. The quantitative estimate of drug-likeness (QED) is 0.101. The van der Waals surface area contributed by atoms with Crippen molar-refractivity contribution in [1.82, 2.24) is 19.2 Å². The number of aryl methyl sites for hydroxylation is 4. The number of nitrogens with zero attached hydrogens (tertiary/aromatic N) is 8. The molecule has 4 aromatic heterocycles. The van der Waals surface area contributed by atoms with E-state index in [2.05, 4.69) is 126 Å². The van der Waals surface area contributed by atoms with E-state index in [1.165, 1.54) is 56.7 Å². The first-order valence-corrected chi connectivity index (χ1v) is 23.9. The summed E-state index contributed by atoms with van der Waals surface area (Å²) in [6.45, 7) is 7.05. The largest absolute Gasteiger partial charge is 0.744 e. The molecule has 1 aliphatic rings. The topological polar surface area (TPSA) is 164 Å². The molecule has 1 saturated heterocycles. The Morgan fingerprint density at radius 2 is 0.887 bits per heavy atom. The van der Waals surface area contributed by atoms with Gasteiger partial charge in [0.15, 0.2) is 11.4 Å². The van der Waals surface area contributed by atoms with E-state index < -0.39 is 20.2 Å². The van der Waals surface area contributed by atoms with Crippen molar-refractivity contribution in [2.24, 2.45) is 24.3 Å². The molecule has 0 N–H and O–H groups in total. The summed E-state index contributed by atoms with van der Waals surface area (Å²) in [6, 6.07) is 28.8. The summed E-state index contributed by atoms with van der Waals surface area (Å²) in [5, 5.41) is 17.9. The van der Waals surface area contributed by atoms with Gasteiger partial charge >= 0.3 is 9.92 Å². The number of piperazine rings is 1. The zero-order valence-electron chi connectivity index (χ0n) is 34.3. The number of hydrazone groups is 2. The van der Waals surface area contributed by atoms with Gasteiger partial charge in [0.05, 0.1) is 62.5 Å². The maximum absolute atomic E-state index is 10.4. The Balaban J connectivity index is 0.000000214. The molecule has 0 radical (unpaired) electrons. The van der Waals surface area contributed by atoms with Gasteiger partial charge in [0, 0.05) is 21.9 Å². The minimum absolute atomic E-state index is 0.178. The Labute approximate surface area is 368 Å². The second-order valence-electron chi connectivity index (χ2n) is 14.5. The fraction of sp³-hybridized carbons (Fsp3) is 0.182. The summed E-state index contributed by atoms with van der Waals surface area (Å²) in [5.74, 6) is 0. The van der Waals surface area contributed by atoms with Crippen LogP contribution in [-0.2, 0) is 34.3 Å². The number of rotatable bonds is 8. The number of imidazole rings is 2. The maximum atomic E-state index is 10.4. The van der Waals surface area contributed by atoms with Crippen molar-refractivity contribution < 1.29 is 34.7 Å². The van der Waals surface area contributed by atoms with Crippen LogP contribution in [0.4, 0.5) is 0 Å². The molecule has 9 rings (SSSR count). The Kier molecular flexibility index (Phi) is 13.5. The van der Waals surface area contributed by atoms with Crippen molar-refractivity contribution in [3.63, 3.8) is 0 Å². The van der Waals surface area contributed by atoms with E-state index in [0.717, 1.165) is 48.4 Å². The van der Waals surface area contributed by atoms with Crippen molar-refractivity contribution in [2.45, 2.75) is 23.6 Å². The third kappa shape index (κ3) is 10.9. The minimum atomic E-state index is -4.27. The van der Waals surface area contributed by atoms with Crippen LogP contribution in [0.2, 0.25) is 0 Å². The van der Waals surface area contributed by atoms with Gasteiger partial charge in [-0.25, -0.2) is 26.0 Å². The summed E-state index contributed by atoms with van der Waals surface area (Å²) in [4.78, 5) is 2.10. The molecule has 8 aromatic rings. The first-order chi connectivity index (χ1) is 29.6. The molecule has 18 heteroatoms. The van der Waals surface area contributed by atoms with Gasteiger partial charge in [-0.2, -0.15) is 19.0 Å². The predicted molar refractivity (Wildman–Crippen MR) is 240 cm³/mol. The highest BCUT2D eigenvalue weighted by molar-refractivity contribution is 7.86. The fourth-order valence-electron chi connectivity index (χ4n) is 6.55. The number of hydrogen-bond acceptors (Lipinski definition) is 12. The predicted octanol–water partition coefficient (Wildman–Crippen LogP) is 6.08. The summed E-state index contributed by atoms with van der Waals surface area (Å²) in [7, 11) is -4.31. The van der Waals surface area contributed by atoms with Crippen LogP contribution >= 0.6 is 22.7 Å². The third-order valence-corrected chi connectivity index (χ3v) is 13.7. The second-order valence-corrected chi connectivity index (χ2v) is 19.0. The van der Waals surface area contributed by atoms with Gasteiger partial charge in [-0.3, -0.25) is 10.0 Å². The van der Waals surface area contributed by atoms with E-state index in [1.807, 2.05) is 26.3 Å². The lowest BCUT2D eigenvalue weighted by Crippen LogP contribution is -2.41. The Bertz CT molecular complexity index is 2840. The highest BCUT2D eigenvalue weighted by atomic mass is 32.2. The average molecular weight is 909 g/mol. The van der Waals surface area contributed by atoms with Crippen LogP contribution in [0.15, 0.2) is 153 Å². The molecule has 14 nitrogen and oxygen atoms in total. The summed E-state index contributed by atoms with van der Waals surface area (Å²) < 4.78 is 71.1. The number of hydrogen-bond donors (Lipinski definition) is 0. The van der Waals surface area contributed by atoms with E-state index in [0.29, 0.717) is 0 Å². The molecule has 1 aliphatic heterocycles. The van der Waals surface area contributed by atoms with E-state index in [1.54, 1.807) is 46.9 Å². The lowest BCUT2D eigenvalue weighted by Gasteiger charge is -2.31. The van der Waals surface area contributed by atoms with Crippen LogP contribution in [0.3, 0.4) is 0 Å². The standard InChI is InChI=1S/C30H30N8S2.2C7H8O3S/c1-33-27(21-35-15-17-39-29(33)35)25-7-3-23(4-8-25)19-31-37-11-13-38(14-12-37)32-20-24-5-9-26(10-6-24)28-22-36-16-18-40-30(36)34(28)2;2*1-6-2-4-7(5-3-6)11(8,9)10/h3-10,15-22H,11-14H2,1-2H3;2*2-5H,1H3,(H,8,9,10)/q+2;;/p-2/b31-19-,32-20+;;. The average Bonchev–Trinajstić information content (AvgIpc) is 4.05. The molecule has 4 aromatic carbocycles. The van der Waals surface area contributed by atoms with Crippen molar-refractivity contribution in [2.75, 3.05) is 26.2 Å². The lowest BCUT2D eigenvalue weighted by atomic mass is 10.1. The summed E-state index contributed by atoms with van der Waals surface area (Å²) in [5.41, 5.74) is 8.88. The molecule has 0 aliphatic carbocycles. The van der Waals surface area contributed by atoms with Gasteiger partial charge in [-0.1, -0.05) is 82.3 Å². The van der Waals surface area contributed by atoms with E-state index in [-0.39, 0.29) is 9.79 Å². The molecule has 1 fully saturated rings. The molecule has 0 atom stereocenters. The molecule has 0 amide bonds. The van der Waals surface area contributed by atoms with Crippen molar-refractivity contribution >= 4 is 65.3 Å². The van der Waals surface area contributed by atoms with Crippen molar-refractivity contribution in [1.29, 1.82) is 0 Å². The second kappa shape index (κ2) is 18.9. The zero-order chi connectivity index (χ0) is 44.0. The Morgan fingerprint density at radius 3 is 1.19 bits per heavy atom. The SMILES string of the molecule is Cc1ccc(S(=O)(=O)[O-])cc1.Cc1ccc(S(=O)(=O)[O-])cc1.Cn1c(-c2ccc(/C=N\N3CCN(/N=C/c4ccc(-c5c[n+]6ccsc6n5C)cc4)CC3)cc2)c[n+]2ccsc12. The molecule has 0 bridgehead atoms. The minimum Gasteiger partial charge on any atom is -0.744 e. The lowest BCUT2D eigenvalue weighted by molar-refractivity contribution is -0.505. The van der Waals surface area contributed by atoms with Gasteiger partial charge < -0.3 is 9.11 Å². The number of benzene rings is 4. The number of fused-ring (bicyclic) bond motifs is 2. The van der Waals surface area contributed by atoms with E-state index in [4.69, 9.17) is 10.2 Å². The third-order valence-electron chi connectivity index (χ3n) is 10.1. The Hall–Kier alpha value is -6.02. The Morgan fingerprint density at radius 1 is 0.548 bits per heavy atom. The van der Waals surface area contributed by atoms with Gasteiger partial charge in [-0.05, 0) is 73.5 Å². The summed E-state index contributed by atoms with van der Waals surface area (Å²) >= 11 is 3.49. The van der Waals surface area contributed by atoms with Crippen LogP contribution in [-0.4, -0.2) is 83.7 Å². The maximum Gasteiger partial charge on any atom is 0.345 e. The highest BCUT2D eigenvalue weighted by Gasteiger charge is 2.18. The molecule has 0 unspecified atom stereocenters. The first kappa shape index (κ1) is 44.0. The van der Waals surface area contributed by atoms with Gasteiger partial charge in [-0.15, -0.1) is 0 Å². The van der Waals surface area contributed by atoms with Crippen LogP contribution < -0.4 is 8.80 Å². The van der Waals surface area contributed by atoms with Gasteiger partial charge in [0.1, 0.15) is 45.0 Å². The van der Waals surface area contributed by atoms with Crippen molar-refractivity contribution in [3.8, 4) is 22.5 Å². The molecule has 0 saturated carbocycles. The van der Waals surface area contributed by atoms with Gasteiger partial charge in [0.2, 0.25) is 0 Å². The van der Waals surface area contributed by atoms with Crippen LogP contribution in [0.1, 0.15) is 22.3 Å². The monoisotopic (exact) mass is 908 g/mol. The van der Waals surface area contributed by atoms with E-state index >= 15 is 0 Å². The smallest absolute Gasteiger partial charge is 0.345 e. The molecule has 5 heterocycles. The number of aromatic nitrogens is 4. The van der Waals surface area contributed by atoms with Crippen LogP contribution in [0.5, 0.6) is 0 Å².